The summed E-state index contributed by atoms with van der Waals surface area (Å²) in [5.74, 6) is 1.33. The van der Waals surface area contributed by atoms with Crippen molar-refractivity contribution in [3.63, 3.8) is 0 Å². The van der Waals surface area contributed by atoms with Crippen LogP contribution >= 0.6 is 0 Å². The molecular weight excluding hydrogens is 248 g/mol. The molecule has 0 heterocycles. The molecule has 3 nitrogen and oxygen atoms in total. The molecule has 0 aromatic carbocycles. The maximum atomic E-state index is 6.23. The summed E-state index contributed by atoms with van der Waals surface area (Å²) in [6.07, 6.45) is 3.53. The smallest absolute Gasteiger partial charge is 0.0467 e. The second kappa shape index (κ2) is 7.24. The second-order valence-corrected chi connectivity index (χ2v) is 8.09. The van der Waals surface area contributed by atoms with Crippen LogP contribution in [0.2, 0.25) is 0 Å². The van der Waals surface area contributed by atoms with Gasteiger partial charge >= 0.3 is 0 Å². The standard InChI is InChI=1S/C17H36N2O/c1-13-15(18)8-7-14(17(13,4)5)11-19-12-16(2,3)9-10-20-6/h13-15,19H,7-12,18H2,1-6H3. The van der Waals surface area contributed by atoms with Crippen molar-refractivity contribution >= 4 is 0 Å². The number of hydrogen-bond acceptors (Lipinski definition) is 3. The van der Waals surface area contributed by atoms with E-state index in [0.717, 1.165) is 32.0 Å². The first-order valence-electron chi connectivity index (χ1n) is 8.16. The van der Waals surface area contributed by atoms with E-state index in [9.17, 15) is 0 Å². The first kappa shape index (κ1) is 17.9. The highest BCUT2D eigenvalue weighted by Gasteiger charge is 2.41. The van der Waals surface area contributed by atoms with E-state index in [-0.39, 0.29) is 0 Å². The Hall–Kier alpha value is -0.120. The average Bonchev–Trinajstić information content (AvgIpc) is 2.37. The third-order valence-electron chi connectivity index (χ3n) is 5.69. The summed E-state index contributed by atoms with van der Waals surface area (Å²) in [5.41, 5.74) is 6.87. The molecule has 1 saturated carbocycles. The molecule has 1 aliphatic rings. The first-order valence-corrected chi connectivity index (χ1v) is 8.16. The zero-order valence-electron chi connectivity index (χ0n) is 14.5. The van der Waals surface area contributed by atoms with Crippen LogP contribution in [0.15, 0.2) is 0 Å². The van der Waals surface area contributed by atoms with E-state index in [4.69, 9.17) is 10.5 Å². The zero-order chi connectivity index (χ0) is 15.4. The van der Waals surface area contributed by atoms with Crippen molar-refractivity contribution < 1.29 is 4.74 Å². The molecular formula is C17H36N2O. The van der Waals surface area contributed by atoms with Gasteiger partial charge in [0.15, 0.2) is 0 Å². The molecule has 3 unspecified atom stereocenters. The number of hydrogen-bond donors (Lipinski definition) is 2. The molecule has 120 valence electrons. The number of nitrogens with one attached hydrogen (secondary N) is 1. The van der Waals surface area contributed by atoms with Crippen LogP contribution in [-0.2, 0) is 4.74 Å². The van der Waals surface area contributed by atoms with Crippen LogP contribution in [0.1, 0.15) is 53.9 Å². The minimum absolute atomic E-state index is 0.302. The summed E-state index contributed by atoms with van der Waals surface area (Å²) in [6.45, 7) is 14.7. The normalized spacial score (nSPS) is 30.4. The molecule has 3 N–H and O–H groups in total. The molecule has 0 spiro atoms. The van der Waals surface area contributed by atoms with Crippen LogP contribution in [0, 0.1) is 22.7 Å². The number of rotatable bonds is 7. The van der Waals surface area contributed by atoms with Gasteiger partial charge in [0.1, 0.15) is 0 Å². The van der Waals surface area contributed by atoms with E-state index in [0.29, 0.717) is 22.8 Å². The predicted molar refractivity (Wildman–Crippen MR) is 86.8 cm³/mol. The summed E-state index contributed by atoms with van der Waals surface area (Å²) in [5, 5.41) is 3.70. The number of nitrogens with two attached hydrogens (primary N) is 1. The van der Waals surface area contributed by atoms with Crippen LogP contribution in [-0.4, -0.2) is 32.8 Å². The van der Waals surface area contributed by atoms with Crippen LogP contribution in [0.3, 0.4) is 0 Å². The van der Waals surface area contributed by atoms with Crippen molar-refractivity contribution in [1.29, 1.82) is 0 Å². The summed E-state index contributed by atoms with van der Waals surface area (Å²) >= 11 is 0. The summed E-state index contributed by atoms with van der Waals surface area (Å²) in [6, 6.07) is 0.374. The Balaban J connectivity index is 2.41. The van der Waals surface area contributed by atoms with Crippen molar-refractivity contribution in [2.24, 2.45) is 28.4 Å². The molecule has 1 fully saturated rings. The van der Waals surface area contributed by atoms with Crippen LogP contribution in [0.25, 0.3) is 0 Å². The van der Waals surface area contributed by atoms with E-state index in [1.807, 2.05) is 0 Å². The minimum Gasteiger partial charge on any atom is -0.385 e. The molecule has 0 aromatic heterocycles. The fraction of sp³-hybridized carbons (Fsp3) is 1.00. The first-order chi connectivity index (χ1) is 9.20. The van der Waals surface area contributed by atoms with Crippen molar-refractivity contribution in [3.05, 3.63) is 0 Å². The highest BCUT2D eigenvalue weighted by Crippen LogP contribution is 2.44. The highest BCUT2D eigenvalue weighted by molar-refractivity contribution is 4.94. The van der Waals surface area contributed by atoms with E-state index >= 15 is 0 Å². The van der Waals surface area contributed by atoms with Crippen LogP contribution in [0.5, 0.6) is 0 Å². The third-order valence-corrected chi connectivity index (χ3v) is 5.69. The molecule has 3 heteroatoms. The molecule has 1 rings (SSSR count). The van der Waals surface area contributed by atoms with Crippen molar-refractivity contribution in [1.82, 2.24) is 5.32 Å². The zero-order valence-corrected chi connectivity index (χ0v) is 14.5. The van der Waals surface area contributed by atoms with Gasteiger partial charge in [0, 0.05) is 26.3 Å². The van der Waals surface area contributed by atoms with E-state index in [1.165, 1.54) is 12.8 Å². The topological polar surface area (TPSA) is 47.3 Å². The Labute approximate surface area is 126 Å². The van der Waals surface area contributed by atoms with Gasteiger partial charge in [-0.25, -0.2) is 0 Å². The average molecular weight is 284 g/mol. The lowest BCUT2D eigenvalue weighted by atomic mass is 9.61. The molecule has 0 aromatic rings. The molecule has 20 heavy (non-hydrogen) atoms. The lowest BCUT2D eigenvalue weighted by Crippen LogP contribution is -2.50. The lowest BCUT2D eigenvalue weighted by molar-refractivity contribution is 0.0518. The lowest BCUT2D eigenvalue weighted by Gasteiger charge is -2.47. The molecule has 0 amide bonds. The molecule has 0 aliphatic heterocycles. The molecule has 3 atom stereocenters. The number of ether oxygens (including phenoxy) is 1. The molecule has 0 radical (unpaired) electrons. The van der Waals surface area contributed by atoms with Crippen molar-refractivity contribution in [3.8, 4) is 0 Å². The fourth-order valence-electron chi connectivity index (χ4n) is 3.36. The molecule has 0 saturated heterocycles. The summed E-state index contributed by atoms with van der Waals surface area (Å²) in [4.78, 5) is 0. The fourth-order valence-corrected chi connectivity index (χ4v) is 3.36. The molecule has 0 bridgehead atoms. The Morgan fingerprint density at radius 1 is 1.30 bits per heavy atom. The Morgan fingerprint density at radius 2 is 1.95 bits per heavy atom. The van der Waals surface area contributed by atoms with E-state index < -0.39 is 0 Å². The van der Waals surface area contributed by atoms with Crippen LogP contribution in [0.4, 0.5) is 0 Å². The van der Waals surface area contributed by atoms with Gasteiger partial charge in [-0.2, -0.15) is 0 Å². The van der Waals surface area contributed by atoms with Gasteiger partial charge in [-0.15, -0.1) is 0 Å². The summed E-state index contributed by atoms with van der Waals surface area (Å²) in [7, 11) is 1.78. The van der Waals surface area contributed by atoms with Gasteiger partial charge in [-0.05, 0) is 48.5 Å². The van der Waals surface area contributed by atoms with Crippen molar-refractivity contribution in [2.75, 3.05) is 26.8 Å². The van der Waals surface area contributed by atoms with Gasteiger partial charge in [0.05, 0.1) is 0 Å². The summed E-state index contributed by atoms with van der Waals surface area (Å²) < 4.78 is 5.19. The largest absolute Gasteiger partial charge is 0.385 e. The predicted octanol–water partition coefficient (Wildman–Crippen LogP) is 3.04. The van der Waals surface area contributed by atoms with Crippen molar-refractivity contribution in [2.45, 2.75) is 59.9 Å². The van der Waals surface area contributed by atoms with Gasteiger partial charge in [-0.3, -0.25) is 0 Å². The minimum atomic E-state index is 0.302. The van der Waals surface area contributed by atoms with E-state index in [1.54, 1.807) is 7.11 Å². The monoisotopic (exact) mass is 284 g/mol. The van der Waals surface area contributed by atoms with E-state index in [2.05, 4.69) is 39.9 Å². The highest BCUT2D eigenvalue weighted by atomic mass is 16.5. The SMILES string of the molecule is COCCC(C)(C)CNCC1CCC(N)C(C)C1(C)C. The van der Waals surface area contributed by atoms with Crippen LogP contribution < -0.4 is 11.1 Å². The van der Waals surface area contributed by atoms with Gasteiger partial charge in [0.25, 0.3) is 0 Å². The van der Waals surface area contributed by atoms with Gasteiger partial charge < -0.3 is 15.8 Å². The Morgan fingerprint density at radius 3 is 2.55 bits per heavy atom. The van der Waals surface area contributed by atoms with Gasteiger partial charge in [0.2, 0.25) is 0 Å². The van der Waals surface area contributed by atoms with Gasteiger partial charge in [-0.1, -0.05) is 34.6 Å². The quantitative estimate of drug-likeness (QED) is 0.755. The third kappa shape index (κ3) is 4.71. The second-order valence-electron chi connectivity index (χ2n) is 8.09. The number of methoxy groups -OCH3 is 1. The Bertz CT molecular complexity index is 289. The maximum Gasteiger partial charge on any atom is 0.0467 e. The maximum absolute atomic E-state index is 6.23. The molecule has 1 aliphatic carbocycles. The Kier molecular flexibility index (Phi) is 6.49.